The molecular formula is C15H24N2O2. The molecule has 106 valence electrons. The smallest absolute Gasteiger partial charge is 0.124 e. The van der Waals surface area contributed by atoms with Crippen molar-refractivity contribution in [1.82, 2.24) is 10.2 Å². The second-order valence-corrected chi connectivity index (χ2v) is 4.94. The zero-order chi connectivity index (χ0) is 13.7. The Morgan fingerprint density at radius 2 is 2.32 bits per heavy atom. The molecule has 0 saturated carbocycles. The number of ether oxygens (including phenoxy) is 2. The maximum Gasteiger partial charge on any atom is 0.124 e. The molecule has 1 aliphatic heterocycles. The van der Waals surface area contributed by atoms with E-state index in [-0.39, 0.29) is 0 Å². The molecule has 0 spiro atoms. The quantitative estimate of drug-likeness (QED) is 0.853. The summed E-state index contributed by atoms with van der Waals surface area (Å²) in [5.41, 5.74) is 1.21. The summed E-state index contributed by atoms with van der Waals surface area (Å²) in [6, 6.07) is 6.39. The Morgan fingerprint density at radius 3 is 3.05 bits per heavy atom. The first kappa shape index (κ1) is 14.2. The van der Waals surface area contributed by atoms with Crippen LogP contribution in [0, 0.1) is 0 Å². The predicted octanol–water partition coefficient (Wildman–Crippen LogP) is 2.06. The molecule has 19 heavy (non-hydrogen) atoms. The number of fused-ring (bicyclic) bond motifs is 1. The lowest BCUT2D eigenvalue weighted by Crippen LogP contribution is -2.33. The van der Waals surface area contributed by atoms with E-state index in [4.69, 9.17) is 9.47 Å². The van der Waals surface area contributed by atoms with Gasteiger partial charge in [-0.1, -0.05) is 6.92 Å². The molecule has 2 rings (SSSR count). The average Bonchev–Trinajstić information content (AvgIpc) is 2.46. The van der Waals surface area contributed by atoms with Crippen LogP contribution in [0.5, 0.6) is 11.5 Å². The Balaban J connectivity index is 2.00. The maximum atomic E-state index is 5.70. The molecule has 4 nitrogen and oxygen atoms in total. The molecule has 0 aromatic heterocycles. The molecule has 0 bridgehead atoms. The van der Waals surface area contributed by atoms with E-state index >= 15 is 0 Å². The summed E-state index contributed by atoms with van der Waals surface area (Å²) in [4.78, 5) is 2.30. The van der Waals surface area contributed by atoms with Gasteiger partial charge in [0.25, 0.3) is 0 Å². The number of hydrogen-bond acceptors (Lipinski definition) is 4. The fourth-order valence-electron chi connectivity index (χ4n) is 2.30. The third-order valence-corrected chi connectivity index (χ3v) is 3.68. The molecule has 1 unspecified atom stereocenters. The monoisotopic (exact) mass is 264 g/mol. The number of benzene rings is 1. The largest absolute Gasteiger partial charge is 0.497 e. The molecule has 0 aliphatic carbocycles. The van der Waals surface area contributed by atoms with Crippen LogP contribution in [-0.4, -0.2) is 45.3 Å². The first-order valence-corrected chi connectivity index (χ1v) is 6.97. The van der Waals surface area contributed by atoms with Crippen LogP contribution in [0.15, 0.2) is 18.2 Å². The van der Waals surface area contributed by atoms with Gasteiger partial charge in [-0.05, 0) is 31.8 Å². The highest BCUT2D eigenvalue weighted by atomic mass is 16.5. The van der Waals surface area contributed by atoms with Crippen molar-refractivity contribution < 1.29 is 9.47 Å². The first-order chi connectivity index (χ1) is 9.24. The molecule has 0 saturated heterocycles. The third kappa shape index (κ3) is 3.61. The van der Waals surface area contributed by atoms with Gasteiger partial charge in [-0.15, -0.1) is 0 Å². The van der Waals surface area contributed by atoms with Crippen molar-refractivity contribution in [3.05, 3.63) is 23.8 Å². The highest BCUT2D eigenvalue weighted by Gasteiger charge is 2.21. The first-order valence-electron chi connectivity index (χ1n) is 6.97. The van der Waals surface area contributed by atoms with Gasteiger partial charge in [0.05, 0.1) is 13.7 Å². The van der Waals surface area contributed by atoms with E-state index in [1.54, 1.807) is 7.11 Å². The van der Waals surface area contributed by atoms with Crippen molar-refractivity contribution in [2.75, 3.05) is 40.4 Å². The minimum Gasteiger partial charge on any atom is -0.497 e. The Kier molecular flexibility index (Phi) is 5.05. The fourth-order valence-corrected chi connectivity index (χ4v) is 2.30. The number of hydrogen-bond donors (Lipinski definition) is 1. The summed E-state index contributed by atoms with van der Waals surface area (Å²) in [5, 5.41) is 3.62. The molecule has 1 N–H and O–H groups in total. The second-order valence-electron chi connectivity index (χ2n) is 4.94. The maximum absolute atomic E-state index is 5.70. The van der Waals surface area contributed by atoms with E-state index in [0.29, 0.717) is 6.04 Å². The Hall–Kier alpha value is -1.26. The molecule has 0 radical (unpaired) electrons. The minimum atomic E-state index is 0.365. The average molecular weight is 264 g/mol. The van der Waals surface area contributed by atoms with Crippen LogP contribution in [0.2, 0.25) is 0 Å². The zero-order valence-electron chi connectivity index (χ0n) is 12.1. The van der Waals surface area contributed by atoms with Gasteiger partial charge in [0.1, 0.15) is 11.5 Å². The second kappa shape index (κ2) is 6.78. The van der Waals surface area contributed by atoms with Crippen LogP contribution in [-0.2, 0) is 0 Å². The lowest BCUT2D eigenvalue weighted by molar-refractivity contribution is 0.246. The summed E-state index contributed by atoms with van der Waals surface area (Å²) >= 11 is 0. The van der Waals surface area contributed by atoms with E-state index in [2.05, 4.69) is 30.3 Å². The van der Waals surface area contributed by atoms with Crippen molar-refractivity contribution in [3.8, 4) is 11.5 Å². The van der Waals surface area contributed by atoms with Crippen LogP contribution in [0.1, 0.15) is 24.9 Å². The number of nitrogens with one attached hydrogen (secondary N) is 1. The van der Waals surface area contributed by atoms with Crippen LogP contribution in [0.25, 0.3) is 0 Å². The van der Waals surface area contributed by atoms with Gasteiger partial charge in [-0.25, -0.2) is 0 Å². The topological polar surface area (TPSA) is 33.7 Å². The van der Waals surface area contributed by atoms with Gasteiger partial charge in [-0.2, -0.15) is 0 Å². The van der Waals surface area contributed by atoms with Crippen molar-refractivity contribution in [2.45, 2.75) is 19.4 Å². The normalized spacial score (nSPS) is 18.0. The predicted molar refractivity (Wildman–Crippen MR) is 77.0 cm³/mol. The summed E-state index contributed by atoms with van der Waals surface area (Å²) in [6.45, 7) is 6.09. The molecule has 1 aliphatic rings. The summed E-state index contributed by atoms with van der Waals surface area (Å²) in [7, 11) is 3.84. The number of likely N-dealkylation sites (N-methyl/N-ethyl adjacent to an activating group) is 1. The van der Waals surface area contributed by atoms with E-state index < -0.39 is 0 Å². The molecule has 1 atom stereocenters. The molecule has 1 aromatic rings. The standard InChI is InChI=1S/C15H24N2O2/c1-4-17(2)9-8-16-14-7-10-19-15-6-5-12(18-3)11-13(14)15/h5-6,11,14,16H,4,7-10H2,1-3H3. The summed E-state index contributed by atoms with van der Waals surface area (Å²) in [5.74, 6) is 1.87. The van der Waals surface area contributed by atoms with Gasteiger partial charge < -0.3 is 19.7 Å². The van der Waals surface area contributed by atoms with Gasteiger partial charge in [0.2, 0.25) is 0 Å². The van der Waals surface area contributed by atoms with Gasteiger partial charge in [0.15, 0.2) is 0 Å². The summed E-state index contributed by atoms with van der Waals surface area (Å²) in [6.07, 6.45) is 1.01. The Bertz CT molecular complexity index is 409. The minimum absolute atomic E-state index is 0.365. The van der Waals surface area contributed by atoms with Gasteiger partial charge in [-0.3, -0.25) is 0 Å². The van der Waals surface area contributed by atoms with E-state index in [0.717, 1.165) is 44.2 Å². The van der Waals surface area contributed by atoms with Crippen molar-refractivity contribution in [3.63, 3.8) is 0 Å². The van der Waals surface area contributed by atoms with Crippen LogP contribution in [0.3, 0.4) is 0 Å². The van der Waals surface area contributed by atoms with Gasteiger partial charge >= 0.3 is 0 Å². The highest BCUT2D eigenvalue weighted by Crippen LogP contribution is 2.34. The highest BCUT2D eigenvalue weighted by molar-refractivity contribution is 5.43. The third-order valence-electron chi connectivity index (χ3n) is 3.68. The fraction of sp³-hybridized carbons (Fsp3) is 0.600. The summed E-state index contributed by atoms with van der Waals surface area (Å²) < 4.78 is 11.0. The number of methoxy groups -OCH3 is 1. The van der Waals surface area contributed by atoms with Crippen LogP contribution in [0.4, 0.5) is 0 Å². The Morgan fingerprint density at radius 1 is 1.47 bits per heavy atom. The Labute approximate surface area is 115 Å². The molecule has 0 fully saturated rings. The molecule has 0 amide bonds. The van der Waals surface area contributed by atoms with Crippen molar-refractivity contribution in [1.29, 1.82) is 0 Å². The lowest BCUT2D eigenvalue weighted by Gasteiger charge is -2.28. The van der Waals surface area contributed by atoms with Crippen LogP contribution < -0.4 is 14.8 Å². The molecular weight excluding hydrogens is 240 g/mol. The molecule has 4 heteroatoms. The van der Waals surface area contributed by atoms with Crippen molar-refractivity contribution in [2.24, 2.45) is 0 Å². The van der Waals surface area contributed by atoms with E-state index in [9.17, 15) is 0 Å². The molecule has 1 aromatic carbocycles. The SMILES string of the molecule is CCN(C)CCNC1CCOc2ccc(OC)cc21. The molecule has 1 heterocycles. The number of rotatable bonds is 6. The van der Waals surface area contributed by atoms with E-state index in [1.807, 2.05) is 12.1 Å². The lowest BCUT2D eigenvalue weighted by atomic mass is 10.00. The van der Waals surface area contributed by atoms with Crippen molar-refractivity contribution >= 4 is 0 Å². The zero-order valence-corrected chi connectivity index (χ0v) is 12.1. The van der Waals surface area contributed by atoms with Crippen LogP contribution >= 0.6 is 0 Å². The number of nitrogens with zero attached hydrogens (tertiary/aromatic N) is 1. The van der Waals surface area contributed by atoms with E-state index in [1.165, 1.54) is 5.56 Å². The van der Waals surface area contributed by atoms with Gasteiger partial charge in [0, 0.05) is 31.1 Å².